The Balaban J connectivity index is 1.60. The van der Waals surface area contributed by atoms with Crippen molar-refractivity contribution in [3.63, 3.8) is 0 Å². The fraction of sp³-hybridized carbons (Fsp3) is 0.105. The number of carbonyl (C=O) groups excluding carboxylic acids is 1. The molecule has 1 aromatic carbocycles. The largest absolute Gasteiger partial charge is 0.493 e. The zero-order valence-electron chi connectivity index (χ0n) is 13.4. The van der Waals surface area contributed by atoms with Crippen LogP contribution in [0.25, 0.3) is 6.08 Å². The molecule has 0 amide bonds. The molecule has 25 heavy (non-hydrogen) atoms. The van der Waals surface area contributed by atoms with Gasteiger partial charge in [-0.1, -0.05) is 23.7 Å². The molecule has 6 heteroatoms. The Morgan fingerprint density at radius 3 is 2.68 bits per heavy atom. The lowest BCUT2D eigenvalue weighted by Crippen LogP contribution is -1.96. The van der Waals surface area contributed by atoms with Crippen molar-refractivity contribution in [2.45, 2.75) is 6.61 Å². The number of ketones is 1. The molecular weight excluding hydrogens is 360 g/mol. The number of hydrogen-bond donors (Lipinski definition) is 0. The van der Waals surface area contributed by atoms with Crippen LogP contribution in [0.3, 0.4) is 0 Å². The van der Waals surface area contributed by atoms with Gasteiger partial charge in [-0.05, 0) is 48.6 Å². The van der Waals surface area contributed by atoms with Crippen molar-refractivity contribution < 1.29 is 18.7 Å². The Bertz CT molecular complexity index is 894. The summed E-state index contributed by atoms with van der Waals surface area (Å²) in [4.78, 5) is 12.6. The van der Waals surface area contributed by atoms with Gasteiger partial charge in [-0.25, -0.2) is 0 Å². The molecule has 2 heterocycles. The van der Waals surface area contributed by atoms with E-state index in [0.717, 1.165) is 0 Å². The Hall–Kier alpha value is -2.50. The molecule has 2 aromatic heterocycles. The van der Waals surface area contributed by atoms with E-state index in [4.69, 9.17) is 25.5 Å². The van der Waals surface area contributed by atoms with Gasteiger partial charge in [0.2, 0.25) is 0 Å². The van der Waals surface area contributed by atoms with Crippen molar-refractivity contribution in [3.8, 4) is 11.5 Å². The van der Waals surface area contributed by atoms with Crippen LogP contribution in [0.4, 0.5) is 0 Å². The van der Waals surface area contributed by atoms with Crippen molar-refractivity contribution in [3.05, 3.63) is 75.3 Å². The summed E-state index contributed by atoms with van der Waals surface area (Å²) in [7, 11) is 1.59. The molecule has 0 aliphatic rings. The summed E-state index contributed by atoms with van der Waals surface area (Å²) < 4.78 is 17.2. The molecule has 0 atom stereocenters. The average Bonchev–Trinajstić information content (AvgIpc) is 3.27. The van der Waals surface area contributed by atoms with Gasteiger partial charge in [-0.2, -0.15) is 0 Å². The lowest BCUT2D eigenvalue weighted by Gasteiger charge is -2.08. The number of furan rings is 1. The highest BCUT2D eigenvalue weighted by molar-refractivity contribution is 7.18. The maximum Gasteiger partial charge on any atom is 0.195 e. The number of methoxy groups -OCH3 is 1. The van der Waals surface area contributed by atoms with Gasteiger partial charge in [-0.3, -0.25) is 4.79 Å². The molecule has 4 nitrogen and oxygen atoms in total. The highest BCUT2D eigenvalue weighted by atomic mass is 35.5. The molecule has 3 rings (SSSR count). The quantitative estimate of drug-likeness (QED) is 0.406. The molecule has 3 aromatic rings. The lowest BCUT2D eigenvalue weighted by atomic mass is 10.3. The molecular formula is C19H15ClO4S. The van der Waals surface area contributed by atoms with E-state index in [1.54, 1.807) is 31.4 Å². The van der Waals surface area contributed by atoms with Gasteiger partial charge in [-0.15, -0.1) is 11.3 Å². The number of carbonyl (C=O) groups is 1. The molecule has 0 unspecified atom stereocenters. The molecule has 0 bridgehead atoms. The minimum atomic E-state index is -0.111. The molecule has 0 aliphatic carbocycles. The molecule has 0 saturated carbocycles. The van der Waals surface area contributed by atoms with E-state index in [2.05, 4.69) is 0 Å². The first-order valence-corrected chi connectivity index (χ1v) is 8.67. The third kappa shape index (κ3) is 4.53. The summed E-state index contributed by atoms with van der Waals surface area (Å²) in [5, 5.41) is 0. The number of thiophene rings is 1. The topological polar surface area (TPSA) is 48.7 Å². The number of hydrogen-bond acceptors (Lipinski definition) is 5. The lowest BCUT2D eigenvalue weighted by molar-refractivity contribution is 0.105. The van der Waals surface area contributed by atoms with Crippen LogP contribution in [-0.4, -0.2) is 12.9 Å². The summed E-state index contributed by atoms with van der Waals surface area (Å²) in [6, 6.07) is 14.4. The van der Waals surface area contributed by atoms with Gasteiger partial charge in [0.15, 0.2) is 17.3 Å². The predicted octanol–water partition coefficient (Wildman–Crippen LogP) is 5.48. The Labute approximate surface area is 154 Å². The van der Waals surface area contributed by atoms with E-state index < -0.39 is 0 Å². The fourth-order valence-electron chi connectivity index (χ4n) is 2.14. The van der Waals surface area contributed by atoms with Crippen molar-refractivity contribution in [2.24, 2.45) is 0 Å². The number of ether oxygens (including phenoxy) is 2. The number of benzene rings is 1. The van der Waals surface area contributed by atoms with E-state index in [9.17, 15) is 4.79 Å². The maximum absolute atomic E-state index is 12.0. The summed E-state index contributed by atoms with van der Waals surface area (Å²) in [6.45, 7) is 0.267. The van der Waals surface area contributed by atoms with Gasteiger partial charge >= 0.3 is 0 Å². The summed E-state index contributed by atoms with van der Waals surface area (Å²) in [5.74, 6) is 2.42. The molecule has 0 spiro atoms. The smallest absolute Gasteiger partial charge is 0.195 e. The average molecular weight is 375 g/mol. The van der Waals surface area contributed by atoms with Crippen LogP contribution in [0.5, 0.6) is 11.5 Å². The Kier molecular flexibility index (Phi) is 5.58. The Morgan fingerprint density at radius 1 is 1.16 bits per heavy atom. The van der Waals surface area contributed by atoms with Gasteiger partial charge in [0.05, 0.1) is 16.3 Å². The highest BCUT2D eigenvalue weighted by Gasteiger charge is 2.07. The first-order chi connectivity index (χ1) is 12.2. The van der Waals surface area contributed by atoms with Crippen LogP contribution < -0.4 is 9.47 Å². The molecule has 0 saturated heterocycles. The second-order valence-corrected chi connectivity index (χ2v) is 6.76. The number of allylic oxidation sites excluding steroid dienone is 1. The summed E-state index contributed by atoms with van der Waals surface area (Å²) in [6.07, 6.45) is 3.09. The first-order valence-electron chi connectivity index (χ1n) is 7.48. The third-order valence-electron chi connectivity index (χ3n) is 3.34. The number of para-hydroxylation sites is 2. The van der Waals surface area contributed by atoms with Gasteiger partial charge in [0.1, 0.15) is 18.1 Å². The van der Waals surface area contributed by atoms with E-state index in [0.29, 0.717) is 32.2 Å². The molecule has 0 N–H and O–H groups in total. The van der Waals surface area contributed by atoms with Crippen molar-refractivity contribution in [1.29, 1.82) is 0 Å². The maximum atomic E-state index is 12.0. The standard InChI is InChI=1S/C19H15ClO4S/c1-22-16-4-2-3-5-17(16)23-12-14-7-6-13(24-14)8-9-15(21)18-10-11-19(20)25-18/h2-11H,12H2,1H3/b9-8+. The zero-order chi connectivity index (χ0) is 17.6. The van der Waals surface area contributed by atoms with E-state index in [1.807, 2.05) is 30.3 Å². The summed E-state index contributed by atoms with van der Waals surface area (Å²) in [5.41, 5.74) is 0. The normalized spacial score (nSPS) is 11.0. The second-order valence-electron chi connectivity index (χ2n) is 5.04. The second kappa shape index (κ2) is 8.05. The summed E-state index contributed by atoms with van der Waals surface area (Å²) >= 11 is 7.08. The highest BCUT2D eigenvalue weighted by Crippen LogP contribution is 2.27. The molecule has 0 radical (unpaired) electrons. The number of halogens is 1. The van der Waals surface area contributed by atoms with Gasteiger partial charge in [0, 0.05) is 0 Å². The minimum Gasteiger partial charge on any atom is -0.493 e. The SMILES string of the molecule is COc1ccccc1OCc1ccc(/C=C/C(=O)c2ccc(Cl)s2)o1. The van der Waals surface area contributed by atoms with Crippen LogP contribution in [0.15, 0.2) is 59.0 Å². The monoisotopic (exact) mass is 374 g/mol. The molecule has 0 aliphatic heterocycles. The van der Waals surface area contributed by atoms with Crippen molar-refractivity contribution >= 4 is 34.8 Å². The fourth-order valence-corrected chi connectivity index (χ4v) is 3.10. The van der Waals surface area contributed by atoms with E-state index >= 15 is 0 Å². The number of rotatable bonds is 7. The molecule has 0 fully saturated rings. The third-order valence-corrected chi connectivity index (χ3v) is 4.58. The van der Waals surface area contributed by atoms with Crippen LogP contribution in [0.1, 0.15) is 21.2 Å². The van der Waals surface area contributed by atoms with Gasteiger partial charge < -0.3 is 13.9 Å². The minimum absolute atomic E-state index is 0.111. The van der Waals surface area contributed by atoms with Crippen molar-refractivity contribution in [2.75, 3.05) is 7.11 Å². The van der Waals surface area contributed by atoms with Gasteiger partial charge in [0.25, 0.3) is 0 Å². The van der Waals surface area contributed by atoms with Crippen LogP contribution in [0.2, 0.25) is 4.34 Å². The Morgan fingerprint density at radius 2 is 1.96 bits per heavy atom. The van der Waals surface area contributed by atoms with Crippen molar-refractivity contribution in [1.82, 2.24) is 0 Å². The molecule has 128 valence electrons. The van der Waals surface area contributed by atoms with Crippen LogP contribution >= 0.6 is 22.9 Å². The van der Waals surface area contributed by atoms with E-state index in [-0.39, 0.29) is 12.4 Å². The first kappa shape index (κ1) is 17.3. The van der Waals surface area contributed by atoms with Crippen LogP contribution in [0, 0.1) is 0 Å². The van der Waals surface area contributed by atoms with Crippen LogP contribution in [-0.2, 0) is 6.61 Å². The predicted molar refractivity (Wildman–Crippen MR) is 98.7 cm³/mol. The van der Waals surface area contributed by atoms with E-state index in [1.165, 1.54) is 17.4 Å². The zero-order valence-corrected chi connectivity index (χ0v) is 15.0.